The van der Waals surface area contributed by atoms with E-state index in [-0.39, 0.29) is 24.7 Å². The molecule has 2 N–H and O–H groups in total. The largest absolute Gasteiger partial charge is 0.416 e. The summed E-state index contributed by atoms with van der Waals surface area (Å²) in [5.74, 6) is -0.701. The normalized spacial score (nSPS) is 21.2. The maximum absolute atomic E-state index is 13.9. The average molecular weight is 371 g/mol. The molecule has 1 amide bonds. The summed E-state index contributed by atoms with van der Waals surface area (Å²) in [6.45, 7) is 0.811. The number of carbonyl (C=O) groups is 1. The molecule has 0 bridgehead atoms. The van der Waals surface area contributed by atoms with E-state index in [0.29, 0.717) is 18.7 Å². The topological polar surface area (TPSA) is 77.0 Å². The van der Waals surface area contributed by atoms with Gasteiger partial charge in [-0.05, 0) is 24.1 Å². The zero-order chi connectivity index (χ0) is 18.9. The summed E-state index contributed by atoms with van der Waals surface area (Å²) < 4.78 is 53.2. The SMILES string of the molecule is NC(=O)c1cn(CC2CC(F)CN2Cc2ccc(C(F)(F)F)cc2)nn1. The Hall–Kier alpha value is -2.49. The first-order chi connectivity index (χ1) is 12.2. The molecule has 2 atom stereocenters. The first-order valence-corrected chi connectivity index (χ1v) is 7.96. The number of halogens is 4. The maximum Gasteiger partial charge on any atom is 0.416 e. The van der Waals surface area contributed by atoms with Crippen LogP contribution in [0.3, 0.4) is 0 Å². The van der Waals surface area contributed by atoms with Crippen LogP contribution in [0.5, 0.6) is 0 Å². The highest BCUT2D eigenvalue weighted by atomic mass is 19.4. The lowest BCUT2D eigenvalue weighted by Crippen LogP contribution is -2.32. The first-order valence-electron chi connectivity index (χ1n) is 7.96. The fraction of sp³-hybridized carbons (Fsp3) is 0.438. The Morgan fingerprint density at radius 3 is 2.54 bits per heavy atom. The summed E-state index contributed by atoms with van der Waals surface area (Å²) in [4.78, 5) is 12.9. The fourth-order valence-electron chi connectivity index (χ4n) is 3.06. The first kappa shape index (κ1) is 18.3. The number of benzene rings is 1. The van der Waals surface area contributed by atoms with Crippen LogP contribution in [-0.2, 0) is 19.3 Å². The average Bonchev–Trinajstić information content (AvgIpc) is 3.15. The Morgan fingerprint density at radius 1 is 1.27 bits per heavy atom. The molecule has 1 fully saturated rings. The van der Waals surface area contributed by atoms with E-state index in [9.17, 15) is 22.4 Å². The quantitative estimate of drug-likeness (QED) is 0.816. The van der Waals surface area contributed by atoms with E-state index < -0.39 is 23.8 Å². The van der Waals surface area contributed by atoms with E-state index in [0.717, 1.165) is 12.1 Å². The highest BCUT2D eigenvalue weighted by Gasteiger charge is 2.33. The third-order valence-electron chi connectivity index (χ3n) is 4.33. The van der Waals surface area contributed by atoms with E-state index >= 15 is 0 Å². The molecule has 0 radical (unpaired) electrons. The monoisotopic (exact) mass is 371 g/mol. The number of nitrogens with zero attached hydrogens (tertiary/aromatic N) is 4. The minimum Gasteiger partial charge on any atom is -0.364 e. The summed E-state index contributed by atoms with van der Waals surface area (Å²) in [6, 6.07) is 4.61. The number of rotatable bonds is 5. The van der Waals surface area contributed by atoms with Gasteiger partial charge in [0.05, 0.1) is 18.3 Å². The van der Waals surface area contributed by atoms with Crippen molar-refractivity contribution in [1.29, 1.82) is 0 Å². The van der Waals surface area contributed by atoms with Gasteiger partial charge in [-0.1, -0.05) is 17.3 Å². The van der Waals surface area contributed by atoms with Gasteiger partial charge in [-0.15, -0.1) is 5.10 Å². The number of carbonyl (C=O) groups excluding carboxylic acids is 1. The van der Waals surface area contributed by atoms with Crippen molar-refractivity contribution in [2.45, 2.75) is 37.9 Å². The van der Waals surface area contributed by atoms with Gasteiger partial charge in [-0.2, -0.15) is 13.2 Å². The van der Waals surface area contributed by atoms with Crippen LogP contribution in [0.1, 0.15) is 28.0 Å². The van der Waals surface area contributed by atoms with E-state index in [1.54, 1.807) is 0 Å². The molecule has 1 saturated heterocycles. The minimum absolute atomic E-state index is 0.0223. The number of nitrogens with two attached hydrogens (primary N) is 1. The molecule has 1 aliphatic heterocycles. The minimum atomic E-state index is -4.38. The molecule has 10 heteroatoms. The standard InChI is InChI=1S/C16H17F4N5O/c17-12-5-13(8-25-9-14(15(21)26)22-23-25)24(7-12)6-10-1-3-11(4-2-10)16(18,19)20/h1-4,9,12-13H,5-8H2,(H2,21,26). The molecule has 140 valence electrons. The van der Waals surface area contributed by atoms with Crippen LogP contribution >= 0.6 is 0 Å². The van der Waals surface area contributed by atoms with Gasteiger partial charge < -0.3 is 5.73 Å². The highest BCUT2D eigenvalue weighted by molar-refractivity contribution is 5.90. The van der Waals surface area contributed by atoms with E-state index in [4.69, 9.17) is 5.73 Å². The van der Waals surface area contributed by atoms with Crippen molar-refractivity contribution in [3.8, 4) is 0 Å². The smallest absolute Gasteiger partial charge is 0.364 e. The Labute approximate surface area is 146 Å². The number of hydrogen-bond acceptors (Lipinski definition) is 4. The molecule has 1 aromatic carbocycles. The van der Waals surface area contributed by atoms with Gasteiger partial charge in [-0.3, -0.25) is 14.4 Å². The van der Waals surface area contributed by atoms with Crippen molar-refractivity contribution < 1.29 is 22.4 Å². The number of amides is 1. The zero-order valence-corrected chi connectivity index (χ0v) is 13.7. The van der Waals surface area contributed by atoms with Crippen LogP contribution in [0, 0.1) is 0 Å². The van der Waals surface area contributed by atoms with Crippen LogP contribution in [0.25, 0.3) is 0 Å². The van der Waals surface area contributed by atoms with Gasteiger partial charge in [0.2, 0.25) is 0 Å². The molecule has 0 spiro atoms. The third kappa shape index (κ3) is 4.18. The van der Waals surface area contributed by atoms with Gasteiger partial charge in [0.15, 0.2) is 5.69 Å². The van der Waals surface area contributed by atoms with Crippen molar-refractivity contribution >= 4 is 5.91 Å². The second kappa shape index (κ2) is 7.02. The lowest BCUT2D eigenvalue weighted by Gasteiger charge is -2.24. The van der Waals surface area contributed by atoms with Crippen molar-refractivity contribution in [3.63, 3.8) is 0 Å². The molecule has 0 saturated carbocycles. The molecule has 26 heavy (non-hydrogen) atoms. The van der Waals surface area contributed by atoms with Crippen molar-refractivity contribution in [1.82, 2.24) is 19.9 Å². The summed E-state index contributed by atoms with van der Waals surface area (Å²) in [5.41, 5.74) is 5.09. The van der Waals surface area contributed by atoms with Crippen LogP contribution < -0.4 is 5.73 Å². The molecule has 1 aliphatic rings. The molecule has 2 unspecified atom stereocenters. The number of likely N-dealkylation sites (tertiary alicyclic amines) is 1. The molecular weight excluding hydrogens is 354 g/mol. The highest BCUT2D eigenvalue weighted by Crippen LogP contribution is 2.30. The summed E-state index contributed by atoms with van der Waals surface area (Å²) >= 11 is 0. The third-order valence-corrected chi connectivity index (χ3v) is 4.33. The Balaban J connectivity index is 1.68. The van der Waals surface area contributed by atoms with Crippen LogP contribution in [0.2, 0.25) is 0 Å². The maximum atomic E-state index is 13.9. The molecule has 1 aromatic heterocycles. The number of aromatic nitrogens is 3. The Bertz CT molecular complexity index is 774. The van der Waals surface area contributed by atoms with Gasteiger partial charge in [-0.25, -0.2) is 4.39 Å². The lowest BCUT2D eigenvalue weighted by atomic mass is 10.1. The second-order valence-electron chi connectivity index (χ2n) is 6.30. The Morgan fingerprint density at radius 2 is 1.96 bits per heavy atom. The Kier molecular flexibility index (Phi) is 4.94. The molecule has 3 rings (SSSR count). The summed E-state index contributed by atoms with van der Waals surface area (Å²) in [7, 11) is 0. The van der Waals surface area contributed by atoms with Gasteiger partial charge in [0.25, 0.3) is 5.91 Å². The van der Waals surface area contributed by atoms with Gasteiger partial charge in [0.1, 0.15) is 6.17 Å². The molecular formula is C16H17F4N5O. The number of alkyl halides is 4. The van der Waals surface area contributed by atoms with Gasteiger partial charge >= 0.3 is 6.18 Å². The van der Waals surface area contributed by atoms with Crippen LogP contribution in [-0.4, -0.2) is 44.6 Å². The van der Waals surface area contributed by atoms with Crippen molar-refractivity contribution in [2.24, 2.45) is 5.73 Å². The molecule has 6 nitrogen and oxygen atoms in total. The predicted octanol–water partition coefficient (Wildman–Crippen LogP) is 2.01. The number of primary amides is 1. The van der Waals surface area contributed by atoms with Crippen molar-refractivity contribution in [2.75, 3.05) is 6.54 Å². The van der Waals surface area contributed by atoms with Crippen LogP contribution in [0.4, 0.5) is 17.6 Å². The fourth-order valence-corrected chi connectivity index (χ4v) is 3.06. The van der Waals surface area contributed by atoms with E-state index in [1.807, 2.05) is 4.90 Å². The predicted molar refractivity (Wildman–Crippen MR) is 83.7 cm³/mol. The van der Waals surface area contributed by atoms with Gasteiger partial charge in [0, 0.05) is 19.1 Å². The summed E-state index contributed by atoms with van der Waals surface area (Å²) in [6.07, 6.45) is -3.76. The van der Waals surface area contributed by atoms with Crippen LogP contribution in [0.15, 0.2) is 30.5 Å². The molecule has 2 heterocycles. The summed E-state index contributed by atoms with van der Waals surface area (Å²) in [5, 5.41) is 7.44. The molecule has 2 aromatic rings. The zero-order valence-electron chi connectivity index (χ0n) is 13.7. The second-order valence-corrected chi connectivity index (χ2v) is 6.30. The van der Waals surface area contributed by atoms with E-state index in [2.05, 4.69) is 10.3 Å². The molecule has 0 aliphatic carbocycles. The lowest BCUT2D eigenvalue weighted by molar-refractivity contribution is -0.137. The van der Waals surface area contributed by atoms with Crippen molar-refractivity contribution in [3.05, 3.63) is 47.3 Å². The number of hydrogen-bond donors (Lipinski definition) is 1. The van der Waals surface area contributed by atoms with E-state index in [1.165, 1.54) is 23.0 Å².